The number of para-hydroxylation sites is 3. The van der Waals surface area contributed by atoms with Crippen molar-refractivity contribution in [2.75, 3.05) is 4.90 Å². The number of hydrogen-bond acceptors (Lipinski definition) is 1. The summed E-state index contributed by atoms with van der Waals surface area (Å²) in [6.07, 6.45) is 0. The molecule has 0 radical (unpaired) electrons. The van der Waals surface area contributed by atoms with Gasteiger partial charge < -0.3 is 9.47 Å². The summed E-state index contributed by atoms with van der Waals surface area (Å²) in [6.45, 7) is 0. The molecule has 0 spiro atoms. The molecule has 0 amide bonds. The zero-order valence-corrected chi connectivity index (χ0v) is 36.3. The monoisotopic (exact) mass is 840 g/mol. The maximum atomic E-state index is 2.44. The zero-order chi connectivity index (χ0) is 43.8. The quantitative estimate of drug-likeness (QED) is 0.141. The summed E-state index contributed by atoms with van der Waals surface area (Å²) in [7, 11) is 0. The van der Waals surface area contributed by atoms with E-state index < -0.39 is 0 Å². The molecule has 0 aliphatic heterocycles. The minimum absolute atomic E-state index is 1.07. The van der Waals surface area contributed by atoms with Gasteiger partial charge in [-0.05, 0) is 128 Å². The Bertz CT molecular complexity index is 3640. The van der Waals surface area contributed by atoms with Gasteiger partial charge in [0.15, 0.2) is 0 Å². The van der Waals surface area contributed by atoms with E-state index in [0.717, 1.165) is 39.4 Å². The minimum atomic E-state index is 1.07. The van der Waals surface area contributed by atoms with E-state index in [2.05, 4.69) is 276 Å². The number of aromatic nitrogens is 1. The van der Waals surface area contributed by atoms with Gasteiger partial charge in [0, 0.05) is 33.4 Å². The number of nitrogens with zero attached hydrogens (tertiary/aromatic N) is 2. The molecule has 12 aromatic rings. The number of fused-ring (bicyclic) bond motifs is 4. The zero-order valence-electron chi connectivity index (χ0n) is 36.3. The molecule has 0 saturated heterocycles. The van der Waals surface area contributed by atoms with Gasteiger partial charge in [0.25, 0.3) is 0 Å². The standard InChI is InChI=1S/C64H44N2/c1-3-18-45(19-4-1)51-36-41-55(47-21-5-2-6-22-47)61(44-51)57-27-10-9-26-56(57)58-28-11-14-31-62(58)65(54-25-17-24-49(43-54)50-35-34-46-20-7-8-23-48(46)42-50)52-37-39-53(40-38-52)66-63-32-15-12-29-59(63)60-30-13-16-33-64(60)66/h1-44H. The van der Waals surface area contributed by atoms with E-state index in [1.165, 1.54) is 71.5 Å². The van der Waals surface area contributed by atoms with Crippen molar-refractivity contribution in [3.8, 4) is 61.3 Å². The van der Waals surface area contributed by atoms with Crippen LogP contribution in [0.15, 0.2) is 267 Å². The molecule has 1 heterocycles. The van der Waals surface area contributed by atoms with Crippen LogP contribution in [0.25, 0.3) is 93.9 Å². The van der Waals surface area contributed by atoms with Crippen LogP contribution in [0.1, 0.15) is 0 Å². The first-order valence-corrected chi connectivity index (χ1v) is 22.7. The molecule has 0 aliphatic rings. The van der Waals surface area contributed by atoms with Crippen molar-refractivity contribution in [1.82, 2.24) is 4.57 Å². The number of rotatable bonds is 9. The molecule has 0 N–H and O–H groups in total. The highest BCUT2D eigenvalue weighted by molar-refractivity contribution is 6.09. The van der Waals surface area contributed by atoms with Crippen molar-refractivity contribution in [1.29, 1.82) is 0 Å². The lowest BCUT2D eigenvalue weighted by atomic mass is 9.87. The Labute approximate surface area is 385 Å². The van der Waals surface area contributed by atoms with Crippen molar-refractivity contribution in [2.24, 2.45) is 0 Å². The van der Waals surface area contributed by atoms with Crippen molar-refractivity contribution in [3.05, 3.63) is 267 Å². The third-order valence-corrected chi connectivity index (χ3v) is 13.0. The molecule has 2 heteroatoms. The summed E-state index contributed by atoms with van der Waals surface area (Å²) in [5, 5.41) is 4.97. The third-order valence-electron chi connectivity index (χ3n) is 13.0. The summed E-state index contributed by atoms with van der Waals surface area (Å²) in [4.78, 5) is 2.44. The van der Waals surface area contributed by atoms with Crippen molar-refractivity contribution in [3.63, 3.8) is 0 Å². The van der Waals surface area contributed by atoms with Crippen molar-refractivity contribution in [2.45, 2.75) is 0 Å². The number of anilines is 3. The molecule has 0 bridgehead atoms. The largest absolute Gasteiger partial charge is 0.310 e. The van der Waals surface area contributed by atoms with Crippen molar-refractivity contribution >= 4 is 49.6 Å². The normalized spacial score (nSPS) is 11.3. The van der Waals surface area contributed by atoms with Crippen LogP contribution < -0.4 is 4.90 Å². The summed E-state index contributed by atoms with van der Waals surface area (Å²) in [6, 6.07) is 97.0. The first-order valence-electron chi connectivity index (χ1n) is 22.7. The fourth-order valence-corrected chi connectivity index (χ4v) is 9.87. The van der Waals surface area contributed by atoms with E-state index in [4.69, 9.17) is 0 Å². The molecule has 0 unspecified atom stereocenters. The molecule has 310 valence electrons. The van der Waals surface area contributed by atoms with Crippen LogP contribution in [0.4, 0.5) is 17.1 Å². The molecule has 12 rings (SSSR count). The maximum Gasteiger partial charge on any atom is 0.0541 e. The Morgan fingerprint density at radius 1 is 0.258 bits per heavy atom. The highest BCUT2D eigenvalue weighted by atomic mass is 15.1. The van der Waals surface area contributed by atoms with Gasteiger partial charge in [-0.25, -0.2) is 0 Å². The van der Waals surface area contributed by atoms with Gasteiger partial charge in [-0.2, -0.15) is 0 Å². The van der Waals surface area contributed by atoms with Gasteiger partial charge in [-0.1, -0.05) is 200 Å². The van der Waals surface area contributed by atoms with E-state index in [-0.39, 0.29) is 0 Å². The summed E-state index contributed by atoms with van der Waals surface area (Å²) < 4.78 is 2.39. The Morgan fingerprint density at radius 2 is 0.788 bits per heavy atom. The Hall–Kier alpha value is -8.72. The van der Waals surface area contributed by atoms with Crippen LogP contribution in [0.3, 0.4) is 0 Å². The van der Waals surface area contributed by atoms with Crippen LogP contribution in [0, 0.1) is 0 Å². The Morgan fingerprint density at radius 3 is 1.52 bits per heavy atom. The lowest BCUT2D eigenvalue weighted by Gasteiger charge is -2.29. The van der Waals surface area contributed by atoms with E-state index in [0.29, 0.717) is 0 Å². The first-order chi connectivity index (χ1) is 32.7. The second-order valence-corrected chi connectivity index (χ2v) is 16.9. The predicted octanol–water partition coefficient (Wildman–Crippen LogP) is 17.7. The Balaban J connectivity index is 1.05. The van der Waals surface area contributed by atoms with Crippen LogP contribution in [-0.4, -0.2) is 4.57 Å². The molecular formula is C64H44N2. The number of benzene rings is 11. The molecule has 0 saturated carbocycles. The van der Waals surface area contributed by atoms with Gasteiger partial charge in [-0.3, -0.25) is 0 Å². The minimum Gasteiger partial charge on any atom is -0.310 e. The van der Waals surface area contributed by atoms with Crippen LogP contribution >= 0.6 is 0 Å². The first kappa shape index (κ1) is 38.9. The van der Waals surface area contributed by atoms with Gasteiger partial charge >= 0.3 is 0 Å². The summed E-state index contributed by atoms with van der Waals surface area (Å²) in [5.41, 5.74) is 18.5. The summed E-state index contributed by atoms with van der Waals surface area (Å²) >= 11 is 0. The second kappa shape index (κ2) is 16.8. The molecule has 0 atom stereocenters. The predicted molar refractivity (Wildman–Crippen MR) is 280 cm³/mol. The molecule has 0 aliphatic carbocycles. The highest BCUT2D eigenvalue weighted by Gasteiger charge is 2.22. The smallest absolute Gasteiger partial charge is 0.0541 e. The second-order valence-electron chi connectivity index (χ2n) is 16.9. The van der Waals surface area contributed by atoms with Crippen LogP contribution in [0.2, 0.25) is 0 Å². The van der Waals surface area contributed by atoms with Crippen LogP contribution in [-0.2, 0) is 0 Å². The van der Waals surface area contributed by atoms with E-state index in [1.807, 2.05) is 0 Å². The molecule has 66 heavy (non-hydrogen) atoms. The molecule has 0 fully saturated rings. The van der Waals surface area contributed by atoms with Gasteiger partial charge in [-0.15, -0.1) is 0 Å². The van der Waals surface area contributed by atoms with E-state index in [1.54, 1.807) is 0 Å². The molecule has 1 aromatic heterocycles. The van der Waals surface area contributed by atoms with E-state index in [9.17, 15) is 0 Å². The lowest BCUT2D eigenvalue weighted by Crippen LogP contribution is -2.11. The summed E-state index contributed by atoms with van der Waals surface area (Å²) in [5.74, 6) is 0. The van der Waals surface area contributed by atoms with Gasteiger partial charge in [0.05, 0.1) is 16.7 Å². The van der Waals surface area contributed by atoms with Crippen molar-refractivity contribution < 1.29 is 0 Å². The Kier molecular flexibility index (Phi) is 9.89. The average molecular weight is 841 g/mol. The highest BCUT2D eigenvalue weighted by Crippen LogP contribution is 2.47. The third kappa shape index (κ3) is 7.02. The fourth-order valence-electron chi connectivity index (χ4n) is 9.87. The SMILES string of the molecule is c1ccc(-c2ccc(-c3ccccc3)c(-c3ccccc3-c3ccccc3N(c3ccc(-n4c5ccccc5c5ccccc54)cc3)c3cccc(-c4ccc5ccccc5c4)c3)c2)cc1. The number of hydrogen-bond donors (Lipinski definition) is 0. The maximum absolute atomic E-state index is 2.44. The van der Waals surface area contributed by atoms with Crippen LogP contribution in [0.5, 0.6) is 0 Å². The van der Waals surface area contributed by atoms with Gasteiger partial charge in [0.2, 0.25) is 0 Å². The fraction of sp³-hybridized carbons (Fsp3) is 0. The topological polar surface area (TPSA) is 8.17 Å². The van der Waals surface area contributed by atoms with E-state index >= 15 is 0 Å². The lowest BCUT2D eigenvalue weighted by molar-refractivity contribution is 1.17. The van der Waals surface area contributed by atoms with Gasteiger partial charge in [0.1, 0.15) is 0 Å². The molecular weight excluding hydrogens is 797 g/mol. The molecule has 2 nitrogen and oxygen atoms in total. The average Bonchev–Trinajstić information content (AvgIpc) is 3.74. The molecule has 11 aromatic carbocycles.